The Morgan fingerprint density at radius 1 is 1.36 bits per heavy atom. The first-order valence-corrected chi connectivity index (χ1v) is 15.0. The highest BCUT2D eigenvalue weighted by Gasteiger charge is 2.16. The average molecular weight is 567 g/mol. The number of nitrogens with one attached hydrogen (secondary N) is 2. The third kappa shape index (κ3) is 27.9. The molecule has 0 bridgehead atoms. The summed E-state index contributed by atoms with van der Waals surface area (Å²) in [5.41, 5.74) is 7.15. The van der Waals surface area contributed by atoms with E-state index in [1.807, 2.05) is 51.1 Å². The number of primary amides is 1. The first-order valence-electron chi connectivity index (χ1n) is 13.5. The fourth-order valence-corrected chi connectivity index (χ4v) is 3.83. The topological polar surface area (TPSA) is 130 Å². The van der Waals surface area contributed by atoms with Crippen LogP contribution >= 0.6 is 0 Å². The van der Waals surface area contributed by atoms with Gasteiger partial charge in [0.1, 0.15) is 11.0 Å². The number of H-pyrrole nitrogens is 1. The Labute approximate surface area is 239 Å². The number of hydrogen-bond acceptors (Lipinski definition) is 5. The summed E-state index contributed by atoms with van der Waals surface area (Å²) in [5, 5.41) is 8.03. The number of imidazole rings is 1. The van der Waals surface area contributed by atoms with Crippen molar-refractivity contribution in [1.29, 1.82) is 0 Å². The fraction of sp³-hybridized carbons (Fsp3) is 0.533. The number of ether oxygens (including phenoxy) is 1. The second-order valence-electron chi connectivity index (χ2n) is 8.40. The molecule has 1 amide bonds. The second kappa shape index (κ2) is 29.6. The summed E-state index contributed by atoms with van der Waals surface area (Å²) in [6.45, 7) is 15.5. The maximum Gasteiger partial charge on any atom is 0.214 e. The van der Waals surface area contributed by atoms with Gasteiger partial charge in [-0.15, -0.1) is 0 Å². The predicted molar refractivity (Wildman–Crippen MR) is 170 cm³/mol. The molecule has 1 fully saturated rings. The van der Waals surface area contributed by atoms with Crippen LogP contribution in [0.4, 0.5) is 5.69 Å². The largest absolute Gasteiger partial charge is 0.505 e. The molecular weight excluding hydrogens is 512 g/mol. The number of amides is 1. The standard InChI is InChI=1S/C9H18.C8H9N3OS.C5H8.C4H8O2.C2H5NO.C2H6/c1-3-9-6-4-5-8(2)7-9;1-13(12)11-6-2-3-7-8(4-6)10-5-9-7;1-3-5-4-2;1-6-4-2-3-5;1-2(3)4;1-2/h8-9H,3-7H2,1-2H3;2-5,11H,1H3,(H,9,10);3-5H,1H2,2H3;2,4-5H,3H2,1H3;1H3,(H2,3,4);1-2H3/b;;5-4-;4-2+;;. The zero-order valence-electron chi connectivity index (χ0n) is 25.4. The third-order valence-electron chi connectivity index (χ3n) is 4.97. The number of aliphatic hydroxyl groups excluding tert-OH is 1. The molecule has 1 heterocycles. The van der Waals surface area contributed by atoms with Gasteiger partial charge in [-0.3, -0.25) is 4.79 Å². The van der Waals surface area contributed by atoms with Crippen LogP contribution in [0.2, 0.25) is 0 Å². The molecule has 0 aliphatic heterocycles. The van der Waals surface area contributed by atoms with Crippen LogP contribution in [0.25, 0.3) is 11.0 Å². The van der Waals surface area contributed by atoms with E-state index in [2.05, 4.69) is 45.6 Å². The number of nitrogens with zero attached hydrogens (tertiary/aromatic N) is 1. The molecule has 1 aliphatic carbocycles. The van der Waals surface area contributed by atoms with Gasteiger partial charge in [-0.2, -0.15) is 0 Å². The average Bonchev–Trinajstić information content (AvgIpc) is 3.37. The van der Waals surface area contributed by atoms with E-state index in [1.165, 1.54) is 58.5 Å². The van der Waals surface area contributed by atoms with Gasteiger partial charge in [0.2, 0.25) is 5.91 Å². The minimum Gasteiger partial charge on any atom is -0.505 e. The summed E-state index contributed by atoms with van der Waals surface area (Å²) in [7, 11) is 0.502. The van der Waals surface area contributed by atoms with Gasteiger partial charge in [-0.1, -0.05) is 78.2 Å². The molecule has 8 nitrogen and oxygen atoms in total. The molecule has 1 aliphatic rings. The SMILES string of the molecule is C=C/C=C\C.CC.CC(N)=O.CCC1CCCC(C)C1.CO/C=C/CO.CS(=O)Nc1ccc2nc[nH]c2c1. The number of allylic oxidation sites excluding steroid dienone is 3. The summed E-state index contributed by atoms with van der Waals surface area (Å²) in [6, 6.07) is 5.61. The van der Waals surface area contributed by atoms with E-state index in [-0.39, 0.29) is 12.5 Å². The van der Waals surface area contributed by atoms with Gasteiger partial charge in [-0.25, -0.2) is 9.19 Å². The molecule has 0 radical (unpaired) electrons. The number of anilines is 1. The fourth-order valence-electron chi connectivity index (χ4n) is 3.37. The summed E-state index contributed by atoms with van der Waals surface area (Å²) in [4.78, 5) is 16.3. The number of carbonyl (C=O) groups excluding carboxylic acids is 1. The molecular formula is C30H54N4O4S. The van der Waals surface area contributed by atoms with E-state index in [9.17, 15) is 9.00 Å². The number of nitrogens with two attached hydrogens (primary N) is 1. The van der Waals surface area contributed by atoms with Gasteiger partial charge in [0.25, 0.3) is 0 Å². The zero-order chi connectivity index (χ0) is 30.5. The minimum absolute atomic E-state index is 0.0494. The summed E-state index contributed by atoms with van der Waals surface area (Å²) in [5.74, 6) is 1.75. The van der Waals surface area contributed by atoms with Crippen molar-refractivity contribution >= 4 is 33.6 Å². The Kier molecular flexibility index (Phi) is 30.8. The highest BCUT2D eigenvalue weighted by atomic mass is 32.2. The first-order chi connectivity index (χ1) is 18.6. The quantitative estimate of drug-likeness (QED) is 0.223. The summed E-state index contributed by atoms with van der Waals surface area (Å²) < 4.78 is 18.1. The molecule has 3 rings (SSSR count). The van der Waals surface area contributed by atoms with Gasteiger partial charge in [0.05, 0.1) is 37.3 Å². The Hall–Kier alpha value is -2.91. The molecule has 224 valence electrons. The van der Waals surface area contributed by atoms with Crippen molar-refractivity contribution in [2.24, 2.45) is 17.6 Å². The minimum atomic E-state index is -1.03. The predicted octanol–water partition coefficient (Wildman–Crippen LogP) is 6.90. The van der Waals surface area contributed by atoms with Crippen molar-refractivity contribution in [1.82, 2.24) is 9.97 Å². The van der Waals surface area contributed by atoms with Crippen LogP contribution in [-0.4, -0.2) is 45.2 Å². The number of fused-ring (bicyclic) bond motifs is 1. The number of hydrogen-bond donors (Lipinski definition) is 4. The Bertz CT molecular complexity index is 919. The van der Waals surface area contributed by atoms with Crippen molar-refractivity contribution in [2.75, 3.05) is 24.7 Å². The Balaban J connectivity index is -0.000000439. The smallest absolute Gasteiger partial charge is 0.214 e. The van der Waals surface area contributed by atoms with E-state index in [0.717, 1.165) is 28.6 Å². The van der Waals surface area contributed by atoms with Gasteiger partial charge in [-0.05, 0) is 49.5 Å². The molecule has 2 aromatic rings. The molecule has 1 aromatic carbocycles. The number of aliphatic hydroxyl groups is 1. The monoisotopic (exact) mass is 566 g/mol. The van der Waals surface area contributed by atoms with Gasteiger partial charge < -0.3 is 25.3 Å². The number of aromatic amines is 1. The van der Waals surface area contributed by atoms with Gasteiger partial charge in [0, 0.05) is 18.9 Å². The maximum atomic E-state index is 10.9. The van der Waals surface area contributed by atoms with Crippen LogP contribution in [0.15, 0.2) is 61.7 Å². The van der Waals surface area contributed by atoms with Crippen LogP contribution < -0.4 is 10.5 Å². The molecule has 9 heteroatoms. The van der Waals surface area contributed by atoms with Crippen molar-refractivity contribution in [3.8, 4) is 0 Å². The van der Waals surface area contributed by atoms with Crippen molar-refractivity contribution in [2.45, 2.75) is 73.6 Å². The number of rotatable bonds is 6. The normalized spacial score (nSPS) is 16.2. The number of aromatic nitrogens is 2. The van der Waals surface area contributed by atoms with Crippen molar-refractivity contribution in [3.63, 3.8) is 0 Å². The third-order valence-corrected chi connectivity index (χ3v) is 5.49. The van der Waals surface area contributed by atoms with Crippen LogP contribution in [0.1, 0.15) is 73.6 Å². The van der Waals surface area contributed by atoms with E-state index in [4.69, 9.17) is 5.11 Å². The molecule has 1 saturated carbocycles. The lowest BCUT2D eigenvalue weighted by Crippen LogP contribution is -2.11. The van der Waals surface area contributed by atoms with E-state index >= 15 is 0 Å². The Morgan fingerprint density at radius 3 is 2.38 bits per heavy atom. The van der Waals surface area contributed by atoms with Crippen LogP contribution in [0.5, 0.6) is 0 Å². The second-order valence-corrected chi connectivity index (χ2v) is 9.51. The van der Waals surface area contributed by atoms with E-state index < -0.39 is 11.0 Å². The zero-order valence-corrected chi connectivity index (χ0v) is 26.2. The first kappa shape index (κ1) is 40.6. The highest BCUT2D eigenvalue weighted by Crippen LogP contribution is 2.30. The maximum absolute atomic E-state index is 10.9. The van der Waals surface area contributed by atoms with Crippen LogP contribution in [0.3, 0.4) is 0 Å². The van der Waals surface area contributed by atoms with Crippen molar-refractivity contribution in [3.05, 3.63) is 61.7 Å². The molecule has 3 unspecified atom stereocenters. The molecule has 1 aromatic heterocycles. The molecule has 5 N–H and O–H groups in total. The van der Waals surface area contributed by atoms with Crippen LogP contribution in [-0.2, 0) is 20.5 Å². The lowest BCUT2D eigenvalue weighted by Gasteiger charge is -2.25. The lowest BCUT2D eigenvalue weighted by atomic mass is 9.81. The summed E-state index contributed by atoms with van der Waals surface area (Å²) in [6.07, 6.45) is 19.1. The Morgan fingerprint density at radius 2 is 2.00 bits per heavy atom. The summed E-state index contributed by atoms with van der Waals surface area (Å²) >= 11 is 0. The molecule has 3 atom stereocenters. The van der Waals surface area contributed by atoms with Crippen LogP contribution in [0, 0.1) is 11.8 Å². The number of methoxy groups -OCH3 is 1. The molecule has 39 heavy (non-hydrogen) atoms. The van der Waals surface area contributed by atoms with Gasteiger partial charge in [0.15, 0.2) is 0 Å². The number of carbonyl (C=O) groups is 1. The number of benzene rings is 1. The highest BCUT2D eigenvalue weighted by molar-refractivity contribution is 7.85. The van der Waals surface area contributed by atoms with E-state index in [0.29, 0.717) is 0 Å². The molecule has 0 saturated heterocycles. The van der Waals surface area contributed by atoms with Crippen molar-refractivity contribution < 1.29 is 18.8 Å². The lowest BCUT2D eigenvalue weighted by molar-refractivity contribution is -0.115. The molecule has 0 spiro atoms. The van der Waals surface area contributed by atoms with Gasteiger partial charge >= 0.3 is 0 Å². The van der Waals surface area contributed by atoms with E-state index in [1.54, 1.807) is 18.7 Å².